The van der Waals surface area contributed by atoms with E-state index in [4.69, 9.17) is 16.7 Å². The van der Waals surface area contributed by atoms with Crippen molar-refractivity contribution >= 4 is 39.1 Å². The van der Waals surface area contributed by atoms with E-state index in [1.807, 2.05) is 0 Å². The van der Waals surface area contributed by atoms with E-state index in [9.17, 15) is 18.0 Å². The van der Waals surface area contributed by atoms with Gasteiger partial charge in [-0.05, 0) is 24.6 Å². The molecule has 1 aromatic rings. The van der Waals surface area contributed by atoms with Crippen molar-refractivity contribution in [1.29, 1.82) is 0 Å². The van der Waals surface area contributed by atoms with Gasteiger partial charge in [-0.25, -0.2) is 18.0 Å². The molecule has 0 bridgehead atoms. The van der Waals surface area contributed by atoms with Gasteiger partial charge in [0.25, 0.3) is 0 Å². The van der Waals surface area contributed by atoms with Crippen LogP contribution < -0.4 is 10.6 Å². The first-order valence-electron chi connectivity index (χ1n) is 6.07. The van der Waals surface area contributed by atoms with Gasteiger partial charge in [-0.2, -0.15) is 0 Å². The predicted molar refractivity (Wildman–Crippen MR) is 77.6 cm³/mol. The molecule has 0 aliphatic carbocycles. The van der Waals surface area contributed by atoms with E-state index < -0.39 is 27.9 Å². The number of rotatable bonds is 3. The van der Waals surface area contributed by atoms with Gasteiger partial charge in [-0.15, -0.1) is 0 Å². The summed E-state index contributed by atoms with van der Waals surface area (Å²) in [7, 11) is -3.07. The first-order valence-corrected chi connectivity index (χ1v) is 8.27. The normalized spacial score (nSPS) is 20.0. The van der Waals surface area contributed by atoms with Gasteiger partial charge in [-0.3, -0.25) is 0 Å². The Labute approximate surface area is 126 Å². The molecule has 0 saturated carbocycles. The molecule has 9 heteroatoms. The van der Waals surface area contributed by atoms with Crippen LogP contribution in [0.5, 0.6) is 0 Å². The van der Waals surface area contributed by atoms with Crippen LogP contribution in [0, 0.1) is 0 Å². The molecule has 2 amide bonds. The van der Waals surface area contributed by atoms with E-state index >= 15 is 0 Å². The largest absolute Gasteiger partial charge is 0.478 e. The lowest BCUT2D eigenvalue weighted by Gasteiger charge is -2.13. The third-order valence-corrected chi connectivity index (χ3v) is 5.11. The predicted octanol–water partition coefficient (Wildman–Crippen LogP) is 1.35. The maximum absolute atomic E-state index is 11.8. The van der Waals surface area contributed by atoms with Crippen molar-refractivity contribution in [1.82, 2.24) is 5.32 Å². The van der Waals surface area contributed by atoms with Crippen molar-refractivity contribution in [2.45, 2.75) is 12.5 Å². The molecule has 1 atom stereocenters. The molecule has 1 unspecified atom stereocenters. The summed E-state index contributed by atoms with van der Waals surface area (Å²) in [6.45, 7) is 0. The molecule has 3 N–H and O–H groups in total. The molecule has 7 nitrogen and oxygen atoms in total. The average Bonchev–Trinajstić information content (AvgIpc) is 2.70. The van der Waals surface area contributed by atoms with Crippen molar-refractivity contribution < 1.29 is 23.1 Å². The van der Waals surface area contributed by atoms with Crippen LogP contribution in [0.1, 0.15) is 16.8 Å². The second-order valence-corrected chi connectivity index (χ2v) is 7.33. The quantitative estimate of drug-likeness (QED) is 0.773. The van der Waals surface area contributed by atoms with Crippen LogP contribution >= 0.6 is 11.6 Å². The van der Waals surface area contributed by atoms with E-state index in [1.54, 1.807) is 0 Å². The summed E-state index contributed by atoms with van der Waals surface area (Å²) in [6, 6.07) is 2.90. The number of urea groups is 1. The Kier molecular flexibility index (Phi) is 4.38. The maximum Gasteiger partial charge on any atom is 0.335 e. The molecule has 1 fully saturated rings. The molecule has 1 aromatic carbocycles. The summed E-state index contributed by atoms with van der Waals surface area (Å²) in [6.07, 6.45) is 0.376. The molecule has 2 rings (SSSR count). The number of anilines is 1. The zero-order valence-electron chi connectivity index (χ0n) is 10.8. The van der Waals surface area contributed by atoms with Gasteiger partial charge in [-0.1, -0.05) is 11.6 Å². The van der Waals surface area contributed by atoms with Crippen molar-refractivity contribution in [3.8, 4) is 0 Å². The van der Waals surface area contributed by atoms with Crippen LogP contribution in [0.25, 0.3) is 0 Å². The van der Waals surface area contributed by atoms with Gasteiger partial charge < -0.3 is 15.7 Å². The van der Waals surface area contributed by atoms with Gasteiger partial charge in [0.2, 0.25) is 0 Å². The summed E-state index contributed by atoms with van der Waals surface area (Å²) < 4.78 is 22.6. The lowest BCUT2D eigenvalue weighted by Crippen LogP contribution is -2.38. The van der Waals surface area contributed by atoms with E-state index in [1.165, 1.54) is 18.2 Å². The van der Waals surface area contributed by atoms with E-state index in [-0.39, 0.29) is 27.8 Å². The Bertz CT molecular complexity index is 689. The molecular weight excluding hydrogens is 320 g/mol. The van der Waals surface area contributed by atoms with Crippen LogP contribution in [0.2, 0.25) is 5.02 Å². The van der Waals surface area contributed by atoms with Gasteiger partial charge in [0.15, 0.2) is 9.84 Å². The van der Waals surface area contributed by atoms with Crippen molar-refractivity contribution in [2.75, 3.05) is 16.8 Å². The number of carbonyl (C=O) groups is 2. The molecule has 1 heterocycles. The summed E-state index contributed by atoms with van der Waals surface area (Å²) in [4.78, 5) is 22.5. The van der Waals surface area contributed by atoms with Crippen molar-refractivity contribution in [2.24, 2.45) is 0 Å². The lowest BCUT2D eigenvalue weighted by atomic mass is 10.2. The van der Waals surface area contributed by atoms with Gasteiger partial charge in [0.05, 0.1) is 27.8 Å². The average molecular weight is 333 g/mol. The number of halogens is 1. The first-order chi connectivity index (χ1) is 9.77. The van der Waals surface area contributed by atoms with Crippen LogP contribution in [0.15, 0.2) is 18.2 Å². The highest BCUT2D eigenvalue weighted by Crippen LogP contribution is 2.23. The van der Waals surface area contributed by atoms with E-state index in [0.29, 0.717) is 6.42 Å². The molecule has 0 radical (unpaired) electrons. The number of nitrogens with one attached hydrogen (secondary N) is 2. The molecule has 1 aliphatic heterocycles. The second-order valence-electron chi connectivity index (χ2n) is 4.70. The minimum Gasteiger partial charge on any atom is -0.478 e. The van der Waals surface area contributed by atoms with Crippen LogP contribution in [0.4, 0.5) is 10.5 Å². The van der Waals surface area contributed by atoms with Crippen molar-refractivity contribution in [3.63, 3.8) is 0 Å². The second kappa shape index (κ2) is 5.90. The number of aromatic carboxylic acids is 1. The van der Waals surface area contributed by atoms with Crippen LogP contribution in [0.3, 0.4) is 0 Å². The number of benzene rings is 1. The number of carbonyl (C=O) groups excluding carboxylic acids is 1. The fourth-order valence-corrected chi connectivity index (χ4v) is 3.90. The highest BCUT2D eigenvalue weighted by atomic mass is 35.5. The SMILES string of the molecule is O=C(Nc1ccc(C(=O)O)cc1Cl)NC1CCS(=O)(=O)C1. The third kappa shape index (κ3) is 4.08. The molecular formula is C12H13ClN2O5S. The molecule has 0 aromatic heterocycles. The highest BCUT2D eigenvalue weighted by molar-refractivity contribution is 7.91. The smallest absolute Gasteiger partial charge is 0.335 e. The first kappa shape index (κ1) is 15.6. The molecule has 1 saturated heterocycles. The van der Waals surface area contributed by atoms with Crippen LogP contribution in [-0.2, 0) is 9.84 Å². The minimum atomic E-state index is -3.07. The fourth-order valence-electron chi connectivity index (χ4n) is 2.00. The highest BCUT2D eigenvalue weighted by Gasteiger charge is 2.28. The molecule has 114 valence electrons. The topological polar surface area (TPSA) is 113 Å². The zero-order valence-corrected chi connectivity index (χ0v) is 12.4. The maximum atomic E-state index is 11.8. The van der Waals surface area contributed by atoms with Gasteiger partial charge in [0, 0.05) is 6.04 Å². The third-order valence-electron chi connectivity index (χ3n) is 3.03. The Morgan fingerprint density at radius 1 is 1.33 bits per heavy atom. The Hall–Kier alpha value is -1.80. The Morgan fingerprint density at radius 3 is 2.57 bits per heavy atom. The van der Waals surface area contributed by atoms with E-state index in [0.717, 1.165) is 0 Å². The molecule has 1 aliphatic rings. The fraction of sp³-hybridized carbons (Fsp3) is 0.333. The number of carboxylic acid groups (broad SMARTS) is 1. The summed E-state index contributed by atoms with van der Waals surface area (Å²) >= 11 is 5.88. The number of sulfone groups is 1. The zero-order chi connectivity index (χ0) is 15.6. The number of carboxylic acids is 1. The monoisotopic (exact) mass is 332 g/mol. The van der Waals surface area contributed by atoms with Gasteiger partial charge in [0.1, 0.15) is 0 Å². The Morgan fingerprint density at radius 2 is 2.05 bits per heavy atom. The van der Waals surface area contributed by atoms with Crippen molar-refractivity contribution in [3.05, 3.63) is 28.8 Å². The van der Waals surface area contributed by atoms with Gasteiger partial charge >= 0.3 is 12.0 Å². The molecule has 0 spiro atoms. The molecule has 21 heavy (non-hydrogen) atoms. The standard InChI is InChI=1S/C12H13ClN2O5S/c13-9-5-7(11(16)17)1-2-10(9)15-12(18)14-8-3-4-21(19,20)6-8/h1-2,5,8H,3-4,6H2,(H,16,17)(H2,14,15,18). The number of hydrogen-bond acceptors (Lipinski definition) is 4. The number of hydrogen-bond donors (Lipinski definition) is 3. The summed E-state index contributed by atoms with van der Waals surface area (Å²) in [5, 5.41) is 13.9. The lowest BCUT2D eigenvalue weighted by molar-refractivity contribution is 0.0697. The van der Waals surface area contributed by atoms with E-state index in [2.05, 4.69) is 10.6 Å². The number of amides is 2. The van der Waals surface area contributed by atoms with Crippen LogP contribution in [-0.4, -0.2) is 43.1 Å². The minimum absolute atomic E-state index is 0.00726. The Balaban J connectivity index is 1.98. The summed E-state index contributed by atoms with van der Waals surface area (Å²) in [5.41, 5.74) is 0.257. The summed E-state index contributed by atoms with van der Waals surface area (Å²) in [5.74, 6) is -1.14.